The quantitative estimate of drug-likeness (QED) is 0.0443. The molecule has 290 valence electrons. The van der Waals surface area contributed by atoms with Crippen molar-refractivity contribution in [2.24, 2.45) is 0 Å². The highest BCUT2D eigenvalue weighted by Gasteiger charge is 2.17. The van der Waals surface area contributed by atoms with Crippen LogP contribution in [0, 0.1) is 0 Å². The Balaban J connectivity index is 3.48. The molecule has 4 nitrogen and oxygen atoms in total. The second kappa shape index (κ2) is 41.3. The minimum absolute atomic E-state index is 0.0652. The fourth-order valence-corrected chi connectivity index (χ4v) is 6.76. The van der Waals surface area contributed by atoms with Crippen LogP contribution in [0.1, 0.15) is 239 Å². The molecule has 1 amide bonds. The zero-order valence-electron chi connectivity index (χ0n) is 33.2. The van der Waals surface area contributed by atoms with E-state index in [0.29, 0.717) is 6.42 Å². The highest BCUT2D eigenvalue weighted by atomic mass is 16.3. The third-order valence-corrected chi connectivity index (χ3v) is 10.2. The van der Waals surface area contributed by atoms with Crippen LogP contribution in [0.4, 0.5) is 0 Å². The maximum absolute atomic E-state index is 12.4. The van der Waals surface area contributed by atoms with Crippen LogP contribution in [0.15, 0.2) is 24.3 Å². The van der Waals surface area contributed by atoms with Gasteiger partial charge in [-0.15, -0.1) is 0 Å². The number of unbranched alkanes of at least 4 members (excludes halogenated alkanes) is 31. The van der Waals surface area contributed by atoms with E-state index in [-0.39, 0.29) is 12.5 Å². The predicted octanol–water partition coefficient (Wildman–Crippen LogP) is 13.6. The Morgan fingerprint density at radius 3 is 1.12 bits per heavy atom. The Hall–Kier alpha value is -1.13. The summed E-state index contributed by atoms with van der Waals surface area (Å²) in [7, 11) is 0. The maximum Gasteiger partial charge on any atom is 0.220 e. The van der Waals surface area contributed by atoms with Crippen molar-refractivity contribution in [3.8, 4) is 0 Å². The molecule has 0 radical (unpaired) electrons. The Morgan fingerprint density at radius 2 is 0.776 bits per heavy atom. The van der Waals surface area contributed by atoms with Crippen molar-refractivity contribution < 1.29 is 15.0 Å². The maximum atomic E-state index is 12.4. The molecule has 0 saturated carbocycles. The van der Waals surface area contributed by atoms with Gasteiger partial charge in [-0.2, -0.15) is 0 Å². The number of nitrogens with one attached hydrogen (secondary N) is 1. The van der Waals surface area contributed by atoms with Crippen molar-refractivity contribution in [1.29, 1.82) is 0 Å². The van der Waals surface area contributed by atoms with Gasteiger partial charge in [0, 0.05) is 6.42 Å². The molecule has 2 unspecified atom stereocenters. The van der Waals surface area contributed by atoms with Gasteiger partial charge in [0.2, 0.25) is 5.91 Å². The molecule has 3 N–H and O–H groups in total. The number of hydrogen-bond donors (Lipinski definition) is 3. The Kier molecular flexibility index (Phi) is 40.3. The van der Waals surface area contributed by atoms with Crippen LogP contribution < -0.4 is 5.32 Å². The fraction of sp³-hybridized carbons (Fsp3) is 0.889. The van der Waals surface area contributed by atoms with Crippen molar-refractivity contribution in [3.63, 3.8) is 0 Å². The van der Waals surface area contributed by atoms with Gasteiger partial charge in [-0.05, 0) is 44.9 Å². The summed E-state index contributed by atoms with van der Waals surface area (Å²) in [6, 6.07) is -0.619. The first-order chi connectivity index (χ1) is 24.2. The number of allylic oxidation sites excluding steroid dienone is 3. The first-order valence-corrected chi connectivity index (χ1v) is 22.1. The minimum atomic E-state index is -0.835. The van der Waals surface area contributed by atoms with Gasteiger partial charge in [0.05, 0.1) is 18.8 Å². The van der Waals surface area contributed by atoms with E-state index >= 15 is 0 Å². The van der Waals surface area contributed by atoms with Gasteiger partial charge in [-0.3, -0.25) is 4.79 Å². The molecule has 0 rings (SSSR count). The Labute approximate surface area is 307 Å². The first kappa shape index (κ1) is 47.9. The van der Waals surface area contributed by atoms with E-state index in [1.165, 1.54) is 193 Å². The van der Waals surface area contributed by atoms with E-state index in [1.54, 1.807) is 6.08 Å². The minimum Gasteiger partial charge on any atom is -0.394 e. The topological polar surface area (TPSA) is 69.6 Å². The van der Waals surface area contributed by atoms with Crippen LogP contribution in [-0.4, -0.2) is 34.9 Å². The van der Waals surface area contributed by atoms with Crippen molar-refractivity contribution in [2.75, 3.05) is 6.61 Å². The average molecular weight is 690 g/mol. The Bertz CT molecular complexity index is 705. The van der Waals surface area contributed by atoms with Gasteiger partial charge < -0.3 is 15.5 Å². The molecule has 4 heteroatoms. The Morgan fingerprint density at radius 1 is 0.469 bits per heavy atom. The van der Waals surface area contributed by atoms with Crippen molar-refractivity contribution in [3.05, 3.63) is 24.3 Å². The summed E-state index contributed by atoms with van der Waals surface area (Å²) >= 11 is 0. The van der Waals surface area contributed by atoms with Crippen LogP contribution in [-0.2, 0) is 4.79 Å². The van der Waals surface area contributed by atoms with Crippen LogP contribution in [0.25, 0.3) is 0 Å². The van der Waals surface area contributed by atoms with E-state index in [2.05, 4.69) is 31.3 Å². The summed E-state index contributed by atoms with van der Waals surface area (Å²) in [6.45, 7) is 4.30. The molecule has 49 heavy (non-hydrogen) atoms. The van der Waals surface area contributed by atoms with Gasteiger partial charge >= 0.3 is 0 Å². The lowest BCUT2D eigenvalue weighted by Gasteiger charge is -2.20. The highest BCUT2D eigenvalue weighted by Crippen LogP contribution is 2.15. The monoisotopic (exact) mass is 690 g/mol. The molecule has 0 fully saturated rings. The van der Waals surface area contributed by atoms with E-state index in [0.717, 1.165) is 25.7 Å². The highest BCUT2D eigenvalue weighted by molar-refractivity contribution is 5.76. The lowest BCUT2D eigenvalue weighted by molar-refractivity contribution is -0.123. The van der Waals surface area contributed by atoms with Crippen molar-refractivity contribution in [2.45, 2.75) is 251 Å². The molecule has 0 aliphatic heterocycles. The molecule has 0 bridgehead atoms. The lowest BCUT2D eigenvalue weighted by atomic mass is 10.0. The molecular formula is C45H87NO3. The number of rotatable bonds is 40. The van der Waals surface area contributed by atoms with Crippen LogP contribution in [0.5, 0.6) is 0 Å². The molecule has 0 spiro atoms. The molecule has 0 aromatic carbocycles. The summed E-state index contributed by atoms with van der Waals surface area (Å²) in [4.78, 5) is 12.4. The second-order valence-corrected chi connectivity index (χ2v) is 15.1. The van der Waals surface area contributed by atoms with E-state index in [4.69, 9.17) is 0 Å². The molecule has 0 aromatic rings. The number of carbonyl (C=O) groups is 1. The van der Waals surface area contributed by atoms with Crippen LogP contribution in [0.3, 0.4) is 0 Å². The van der Waals surface area contributed by atoms with Gasteiger partial charge in [0.15, 0.2) is 0 Å². The largest absolute Gasteiger partial charge is 0.394 e. The molecular weight excluding hydrogens is 602 g/mol. The van der Waals surface area contributed by atoms with E-state index in [1.807, 2.05) is 6.08 Å². The van der Waals surface area contributed by atoms with E-state index in [9.17, 15) is 15.0 Å². The SMILES string of the molecule is CCCCCCCCCCC/C=C/C(O)C(CO)NC(=O)CCCCCCCCCCCC/C=C\CCCCCCCCCCCCCC. The summed E-state index contributed by atoms with van der Waals surface area (Å²) in [6.07, 6.45) is 52.9. The van der Waals surface area contributed by atoms with Crippen molar-refractivity contribution in [1.82, 2.24) is 5.32 Å². The first-order valence-electron chi connectivity index (χ1n) is 22.1. The van der Waals surface area contributed by atoms with Crippen LogP contribution in [0.2, 0.25) is 0 Å². The molecule has 0 aliphatic rings. The zero-order valence-corrected chi connectivity index (χ0v) is 33.2. The van der Waals surface area contributed by atoms with Gasteiger partial charge in [0.25, 0.3) is 0 Å². The number of aliphatic hydroxyl groups is 2. The van der Waals surface area contributed by atoms with Gasteiger partial charge in [-0.1, -0.05) is 212 Å². The summed E-state index contributed by atoms with van der Waals surface area (Å²) in [5, 5.41) is 22.9. The fourth-order valence-electron chi connectivity index (χ4n) is 6.76. The summed E-state index contributed by atoms with van der Waals surface area (Å²) < 4.78 is 0. The summed E-state index contributed by atoms with van der Waals surface area (Å²) in [5.74, 6) is -0.0652. The number of hydrogen-bond acceptors (Lipinski definition) is 3. The zero-order chi connectivity index (χ0) is 35.7. The molecule has 0 heterocycles. The van der Waals surface area contributed by atoms with Gasteiger partial charge in [0.1, 0.15) is 0 Å². The average Bonchev–Trinajstić information content (AvgIpc) is 3.10. The van der Waals surface area contributed by atoms with Gasteiger partial charge in [-0.25, -0.2) is 0 Å². The normalized spacial score (nSPS) is 13.1. The number of amides is 1. The summed E-state index contributed by atoms with van der Waals surface area (Å²) in [5.41, 5.74) is 0. The number of carbonyl (C=O) groups excluding carboxylic acids is 1. The molecule has 2 atom stereocenters. The smallest absolute Gasteiger partial charge is 0.220 e. The predicted molar refractivity (Wildman–Crippen MR) is 216 cm³/mol. The third kappa shape index (κ3) is 37.9. The van der Waals surface area contributed by atoms with Crippen molar-refractivity contribution >= 4 is 5.91 Å². The second-order valence-electron chi connectivity index (χ2n) is 15.1. The molecule has 0 saturated heterocycles. The number of aliphatic hydroxyl groups excluding tert-OH is 2. The van der Waals surface area contributed by atoms with E-state index < -0.39 is 12.1 Å². The van der Waals surface area contributed by atoms with Crippen LogP contribution >= 0.6 is 0 Å². The lowest BCUT2D eigenvalue weighted by Crippen LogP contribution is -2.45. The molecule has 0 aliphatic carbocycles. The molecule has 0 aromatic heterocycles. The third-order valence-electron chi connectivity index (χ3n) is 10.2. The standard InChI is InChI=1S/C45H87NO3/c1-3-5-7-9-11-13-15-16-17-18-19-20-21-22-23-24-25-26-27-28-29-31-33-35-37-39-41-45(49)46-43(42-47)44(48)40-38-36-34-32-30-14-12-10-8-6-4-2/h22-23,38,40,43-44,47-48H,3-21,24-37,39,41-42H2,1-2H3,(H,46,49)/b23-22-,40-38+.